The first-order valence-corrected chi connectivity index (χ1v) is 7.47. The van der Waals surface area contributed by atoms with E-state index in [0.717, 1.165) is 5.56 Å². The molecule has 132 valence electrons. The molecule has 0 aliphatic carbocycles. The smallest absolute Gasteiger partial charge is 0.454 e. The second kappa shape index (κ2) is 7.76. The van der Waals surface area contributed by atoms with Crippen LogP contribution in [-0.4, -0.2) is 50.4 Å². The number of benzene rings is 1. The highest BCUT2D eigenvalue weighted by Crippen LogP contribution is 2.32. The number of hydrogen-bond donors (Lipinski definition) is 0. The van der Waals surface area contributed by atoms with Crippen molar-refractivity contribution < 1.29 is 33.3 Å². The van der Waals surface area contributed by atoms with Gasteiger partial charge in [0.15, 0.2) is 11.5 Å². The van der Waals surface area contributed by atoms with Crippen molar-refractivity contribution >= 4 is 12.2 Å². The fourth-order valence-corrected chi connectivity index (χ4v) is 2.16. The highest BCUT2D eigenvalue weighted by Gasteiger charge is 2.22. The van der Waals surface area contributed by atoms with Gasteiger partial charge in [0.25, 0.3) is 0 Å². The van der Waals surface area contributed by atoms with Crippen molar-refractivity contribution in [1.82, 2.24) is 4.90 Å². The van der Waals surface area contributed by atoms with Gasteiger partial charge in [-0.2, -0.15) is 0 Å². The van der Waals surface area contributed by atoms with E-state index in [-0.39, 0.29) is 12.8 Å². The summed E-state index contributed by atoms with van der Waals surface area (Å²) in [4.78, 5) is 24.5. The molecule has 0 fully saturated rings. The number of carbonyl (C=O) groups excluding carboxylic acids is 2. The van der Waals surface area contributed by atoms with Gasteiger partial charge in [-0.3, -0.25) is 0 Å². The van der Waals surface area contributed by atoms with Crippen LogP contribution >= 0.6 is 0 Å². The van der Waals surface area contributed by atoms with E-state index in [4.69, 9.17) is 18.9 Å². The summed E-state index contributed by atoms with van der Waals surface area (Å²) >= 11 is 0. The lowest BCUT2D eigenvalue weighted by Crippen LogP contribution is -2.39. The van der Waals surface area contributed by atoms with Crippen molar-refractivity contribution in [3.63, 3.8) is 0 Å². The van der Waals surface area contributed by atoms with Gasteiger partial charge in [-0.1, -0.05) is 6.07 Å². The van der Waals surface area contributed by atoms with Gasteiger partial charge in [-0.05, 0) is 31.0 Å². The highest BCUT2D eigenvalue weighted by molar-refractivity contribution is 5.68. The normalized spacial score (nSPS) is 14.5. The largest absolute Gasteiger partial charge is 0.511 e. The summed E-state index contributed by atoms with van der Waals surface area (Å²) in [6.07, 6.45) is -1.94. The van der Waals surface area contributed by atoms with Crippen LogP contribution in [0.3, 0.4) is 0 Å². The zero-order chi connectivity index (χ0) is 17.7. The van der Waals surface area contributed by atoms with Crippen LogP contribution in [0.2, 0.25) is 0 Å². The van der Waals surface area contributed by atoms with Crippen LogP contribution in [-0.2, 0) is 20.6 Å². The quantitative estimate of drug-likeness (QED) is 0.602. The monoisotopic (exact) mass is 339 g/mol. The third-order valence-electron chi connectivity index (χ3n) is 3.61. The minimum Gasteiger partial charge on any atom is -0.454 e. The summed E-state index contributed by atoms with van der Waals surface area (Å²) < 4.78 is 24.7. The molecule has 1 heterocycles. The Morgan fingerprint density at radius 1 is 1.21 bits per heavy atom. The van der Waals surface area contributed by atoms with Gasteiger partial charge in [0, 0.05) is 20.0 Å². The van der Waals surface area contributed by atoms with E-state index >= 15 is 0 Å². The molecule has 2 atom stereocenters. The maximum atomic E-state index is 12.1. The van der Waals surface area contributed by atoms with Crippen molar-refractivity contribution in [1.29, 1.82) is 0 Å². The topological polar surface area (TPSA) is 83.5 Å². The highest BCUT2D eigenvalue weighted by atomic mass is 16.8. The molecule has 0 saturated heterocycles. The molecule has 0 bridgehead atoms. The molecule has 8 heteroatoms. The van der Waals surface area contributed by atoms with Gasteiger partial charge in [-0.25, -0.2) is 9.59 Å². The van der Waals surface area contributed by atoms with E-state index in [1.165, 1.54) is 18.9 Å². The van der Waals surface area contributed by atoms with Gasteiger partial charge in [-0.15, -0.1) is 0 Å². The molecule has 1 aliphatic rings. The van der Waals surface area contributed by atoms with Crippen LogP contribution in [0, 0.1) is 0 Å². The lowest BCUT2D eigenvalue weighted by molar-refractivity contribution is -0.0790. The Morgan fingerprint density at radius 2 is 1.92 bits per heavy atom. The molecule has 1 aromatic carbocycles. The van der Waals surface area contributed by atoms with Gasteiger partial charge < -0.3 is 28.6 Å². The van der Waals surface area contributed by atoms with Crippen LogP contribution in [0.4, 0.5) is 9.59 Å². The van der Waals surface area contributed by atoms with Crippen LogP contribution < -0.4 is 9.47 Å². The maximum Gasteiger partial charge on any atom is 0.511 e. The Morgan fingerprint density at radius 3 is 2.62 bits per heavy atom. The fraction of sp³-hybridized carbons (Fsp3) is 0.500. The number of methoxy groups -OCH3 is 1. The summed E-state index contributed by atoms with van der Waals surface area (Å²) in [5.41, 5.74) is 1.00. The number of hydrogen-bond acceptors (Lipinski definition) is 7. The van der Waals surface area contributed by atoms with Crippen molar-refractivity contribution in [2.24, 2.45) is 0 Å². The average Bonchev–Trinajstić information content (AvgIpc) is 3.01. The summed E-state index contributed by atoms with van der Waals surface area (Å²) in [5, 5.41) is 0. The number of nitrogens with zero attached hydrogens (tertiary/aromatic N) is 1. The maximum absolute atomic E-state index is 12.1. The molecule has 24 heavy (non-hydrogen) atoms. The molecule has 1 aromatic rings. The first-order chi connectivity index (χ1) is 11.4. The Hall–Kier alpha value is -2.64. The molecule has 0 aromatic heterocycles. The van der Waals surface area contributed by atoms with Gasteiger partial charge in [0.1, 0.15) is 0 Å². The summed E-state index contributed by atoms with van der Waals surface area (Å²) in [5.74, 6) is 1.41. The van der Waals surface area contributed by atoms with E-state index in [9.17, 15) is 9.59 Å². The molecule has 0 N–H and O–H groups in total. The fourth-order valence-electron chi connectivity index (χ4n) is 2.16. The van der Waals surface area contributed by atoms with E-state index in [2.05, 4.69) is 4.74 Å². The molecule has 0 saturated carbocycles. The van der Waals surface area contributed by atoms with Crippen LogP contribution in [0.15, 0.2) is 18.2 Å². The molecule has 0 radical (unpaired) electrons. The van der Waals surface area contributed by atoms with E-state index in [1.54, 1.807) is 7.05 Å². The number of rotatable bonds is 5. The molecule has 2 unspecified atom stereocenters. The number of ether oxygens (including phenoxy) is 5. The Bertz CT molecular complexity index is 604. The number of likely N-dealkylation sites (N-methyl/N-ethyl adjacent to an activating group) is 1. The first kappa shape index (κ1) is 17.7. The summed E-state index contributed by atoms with van der Waals surface area (Å²) in [6.45, 7) is 3.54. The first-order valence-electron chi connectivity index (χ1n) is 7.47. The van der Waals surface area contributed by atoms with Crippen LogP contribution in [0.25, 0.3) is 0 Å². The minimum atomic E-state index is -1.04. The Kier molecular flexibility index (Phi) is 5.73. The molecule has 8 nitrogen and oxygen atoms in total. The Labute approximate surface area is 140 Å². The van der Waals surface area contributed by atoms with Crippen molar-refractivity contribution in [2.75, 3.05) is 21.0 Å². The van der Waals surface area contributed by atoms with Crippen molar-refractivity contribution in [3.8, 4) is 11.5 Å². The Balaban J connectivity index is 1.88. The second-order valence-electron chi connectivity index (χ2n) is 5.38. The lowest BCUT2D eigenvalue weighted by Gasteiger charge is -2.25. The molecule has 1 aliphatic heterocycles. The average molecular weight is 339 g/mol. The van der Waals surface area contributed by atoms with Gasteiger partial charge in [0.2, 0.25) is 13.1 Å². The second-order valence-corrected chi connectivity index (χ2v) is 5.38. The van der Waals surface area contributed by atoms with Crippen LogP contribution in [0.1, 0.15) is 19.4 Å². The summed E-state index contributed by atoms with van der Waals surface area (Å²) in [6, 6.07) is 5.52. The minimum absolute atomic E-state index is 0.136. The van der Waals surface area contributed by atoms with Crippen molar-refractivity contribution in [3.05, 3.63) is 23.8 Å². The van der Waals surface area contributed by atoms with Gasteiger partial charge in [0.05, 0.1) is 7.11 Å². The lowest BCUT2D eigenvalue weighted by atomic mass is 10.1. The molecule has 1 amide bonds. The zero-order valence-corrected chi connectivity index (χ0v) is 14.1. The number of fused-ring (bicyclic) bond motifs is 1. The number of amides is 1. The third-order valence-corrected chi connectivity index (χ3v) is 3.61. The molecular weight excluding hydrogens is 318 g/mol. The van der Waals surface area contributed by atoms with E-state index in [1.807, 2.05) is 25.1 Å². The summed E-state index contributed by atoms with van der Waals surface area (Å²) in [7, 11) is 2.79. The SMILES string of the molecule is COC(=O)OC(C)OC(=O)N(C)C(C)Cc1ccc2c(c1)OCO2. The van der Waals surface area contributed by atoms with Gasteiger partial charge >= 0.3 is 12.2 Å². The standard InChI is InChI=1S/C16H21NO7/c1-10(7-12-5-6-13-14(8-12)22-9-21-13)17(3)15(18)23-11(2)24-16(19)20-4/h5-6,8,10-11H,7,9H2,1-4H3. The molecular formula is C16H21NO7. The van der Waals surface area contributed by atoms with Crippen molar-refractivity contribution in [2.45, 2.75) is 32.6 Å². The van der Waals surface area contributed by atoms with E-state index in [0.29, 0.717) is 17.9 Å². The zero-order valence-electron chi connectivity index (χ0n) is 14.1. The van der Waals surface area contributed by atoms with E-state index < -0.39 is 18.5 Å². The third kappa shape index (κ3) is 4.43. The predicted octanol–water partition coefficient (Wildman–Crippen LogP) is 2.54. The molecule has 2 rings (SSSR count). The predicted molar refractivity (Wildman–Crippen MR) is 82.9 cm³/mol. The van der Waals surface area contributed by atoms with Crippen LogP contribution in [0.5, 0.6) is 11.5 Å². The number of carbonyl (C=O) groups is 2. The molecule has 0 spiro atoms.